The van der Waals surface area contributed by atoms with Crippen LogP contribution in [0, 0.1) is 5.41 Å². The van der Waals surface area contributed by atoms with Gasteiger partial charge in [0.25, 0.3) is 11.8 Å². The minimum atomic E-state index is -0.940. The van der Waals surface area contributed by atoms with E-state index in [4.69, 9.17) is 9.47 Å². The molecule has 4 heterocycles. The van der Waals surface area contributed by atoms with Crippen molar-refractivity contribution in [3.05, 3.63) is 35.4 Å². The molecule has 0 unspecified atom stereocenters. The number of ether oxygens (including phenoxy) is 2. The van der Waals surface area contributed by atoms with E-state index in [0.29, 0.717) is 18.8 Å². The molecule has 1 aromatic rings. The highest BCUT2D eigenvalue weighted by Gasteiger charge is 2.62. The first-order valence-corrected chi connectivity index (χ1v) is 6.40. The third kappa shape index (κ3) is 1.02. The molecule has 3 saturated heterocycles. The summed E-state index contributed by atoms with van der Waals surface area (Å²) < 4.78 is 11.9. The Labute approximate surface area is 105 Å². The van der Waals surface area contributed by atoms with Gasteiger partial charge >= 0.3 is 0 Å². The first-order valence-electron chi connectivity index (χ1n) is 6.40. The van der Waals surface area contributed by atoms with Gasteiger partial charge in [-0.05, 0) is 12.5 Å². The summed E-state index contributed by atoms with van der Waals surface area (Å²) in [5.41, 5.74) is 1.55. The quantitative estimate of drug-likeness (QED) is 0.756. The molecule has 4 aliphatic heterocycles. The molecule has 0 aliphatic carbocycles. The zero-order chi connectivity index (χ0) is 12.4. The van der Waals surface area contributed by atoms with Crippen molar-refractivity contribution in [2.75, 3.05) is 19.8 Å². The van der Waals surface area contributed by atoms with Gasteiger partial charge in [-0.2, -0.15) is 0 Å². The van der Waals surface area contributed by atoms with E-state index in [1.54, 1.807) is 4.90 Å². The van der Waals surface area contributed by atoms with Crippen LogP contribution in [0.3, 0.4) is 0 Å². The van der Waals surface area contributed by atoms with Crippen molar-refractivity contribution in [1.82, 2.24) is 4.90 Å². The van der Waals surface area contributed by atoms with Crippen molar-refractivity contribution in [2.45, 2.75) is 19.3 Å². The Hall–Kier alpha value is -1.39. The van der Waals surface area contributed by atoms with Crippen LogP contribution < -0.4 is 0 Å². The second-order valence-corrected chi connectivity index (χ2v) is 5.45. The Kier molecular flexibility index (Phi) is 1.83. The zero-order valence-electron chi connectivity index (χ0n) is 10.3. The molecule has 1 amide bonds. The summed E-state index contributed by atoms with van der Waals surface area (Å²) in [6.45, 7) is 4.19. The molecule has 94 valence electrons. The normalized spacial score (nSPS) is 36.7. The Morgan fingerprint density at radius 2 is 2.00 bits per heavy atom. The fourth-order valence-electron chi connectivity index (χ4n) is 3.18. The van der Waals surface area contributed by atoms with Crippen molar-refractivity contribution < 1.29 is 14.3 Å². The maximum Gasteiger partial charge on any atom is 0.283 e. The molecule has 3 fully saturated rings. The van der Waals surface area contributed by atoms with E-state index >= 15 is 0 Å². The van der Waals surface area contributed by atoms with Crippen LogP contribution in [0.1, 0.15) is 29.3 Å². The third-order valence-electron chi connectivity index (χ3n) is 4.49. The lowest BCUT2D eigenvalue weighted by Crippen LogP contribution is -2.65. The summed E-state index contributed by atoms with van der Waals surface area (Å²) in [5, 5.41) is 0. The van der Waals surface area contributed by atoms with E-state index < -0.39 is 5.91 Å². The van der Waals surface area contributed by atoms with Gasteiger partial charge in [-0.25, -0.2) is 0 Å². The SMILES string of the molecule is CCC12COC3(OC1)c1ccccc1C(=O)N3C2. The van der Waals surface area contributed by atoms with Crippen LogP contribution in [0.25, 0.3) is 0 Å². The highest BCUT2D eigenvalue weighted by Crippen LogP contribution is 2.52. The van der Waals surface area contributed by atoms with E-state index in [9.17, 15) is 4.79 Å². The number of rotatable bonds is 1. The summed E-state index contributed by atoms with van der Waals surface area (Å²) >= 11 is 0. The monoisotopic (exact) mass is 245 g/mol. The minimum absolute atomic E-state index is 0.0283. The molecule has 1 spiro atoms. The van der Waals surface area contributed by atoms with Crippen molar-refractivity contribution in [3.63, 3.8) is 0 Å². The number of fused-ring (bicyclic) bond motifs is 3. The number of hydrogen-bond donors (Lipinski definition) is 0. The smallest absolute Gasteiger partial charge is 0.283 e. The van der Waals surface area contributed by atoms with Gasteiger partial charge in [-0.1, -0.05) is 25.1 Å². The molecule has 0 aromatic heterocycles. The number of amides is 1. The second kappa shape index (κ2) is 3.13. The molecule has 0 saturated carbocycles. The summed E-state index contributed by atoms with van der Waals surface area (Å²) in [5.74, 6) is -0.909. The lowest BCUT2D eigenvalue weighted by atomic mass is 9.83. The van der Waals surface area contributed by atoms with Gasteiger partial charge < -0.3 is 9.47 Å². The molecule has 0 N–H and O–H groups in total. The molecule has 5 rings (SSSR count). The first kappa shape index (κ1) is 10.5. The molecular weight excluding hydrogens is 230 g/mol. The number of nitrogens with zero attached hydrogens (tertiary/aromatic N) is 1. The number of hydrogen-bond acceptors (Lipinski definition) is 3. The van der Waals surface area contributed by atoms with Crippen molar-refractivity contribution in [2.24, 2.45) is 5.41 Å². The van der Waals surface area contributed by atoms with E-state index in [1.807, 2.05) is 24.3 Å². The summed E-state index contributed by atoms with van der Waals surface area (Å²) in [6, 6.07) is 7.59. The van der Waals surface area contributed by atoms with Gasteiger partial charge in [-0.3, -0.25) is 9.69 Å². The second-order valence-electron chi connectivity index (χ2n) is 5.45. The van der Waals surface area contributed by atoms with E-state index in [-0.39, 0.29) is 11.3 Å². The standard InChI is InChI=1S/C14H15NO3/c1-2-13-7-15-12(16)10-5-3-4-6-11(10)14(15,17-8-13)18-9-13/h3-6H,2,7-9H2,1H3. The molecule has 2 bridgehead atoms. The molecule has 0 radical (unpaired) electrons. The number of carbonyl (C=O) groups is 1. The molecule has 4 aliphatic rings. The molecule has 18 heavy (non-hydrogen) atoms. The van der Waals surface area contributed by atoms with Crippen LogP contribution in [0.2, 0.25) is 0 Å². The average molecular weight is 245 g/mol. The van der Waals surface area contributed by atoms with Gasteiger partial charge in [0.2, 0.25) is 0 Å². The lowest BCUT2D eigenvalue weighted by Gasteiger charge is -2.55. The minimum Gasteiger partial charge on any atom is -0.328 e. The lowest BCUT2D eigenvalue weighted by molar-refractivity contribution is -0.402. The maximum absolute atomic E-state index is 12.4. The molecule has 0 atom stereocenters. The van der Waals surface area contributed by atoms with Gasteiger partial charge in [0.05, 0.1) is 18.8 Å². The first-order chi connectivity index (χ1) is 8.71. The molecule has 4 nitrogen and oxygen atoms in total. The number of carbonyl (C=O) groups excluding carboxylic acids is 1. The number of benzene rings is 1. The van der Waals surface area contributed by atoms with Crippen LogP contribution in [0.5, 0.6) is 0 Å². The average Bonchev–Trinajstić information content (AvgIpc) is 2.71. The Morgan fingerprint density at radius 1 is 1.28 bits per heavy atom. The Bertz CT molecular complexity index is 532. The third-order valence-corrected chi connectivity index (χ3v) is 4.49. The van der Waals surface area contributed by atoms with E-state index in [1.165, 1.54) is 0 Å². The van der Waals surface area contributed by atoms with Crippen molar-refractivity contribution in [1.29, 1.82) is 0 Å². The Balaban J connectivity index is 1.88. The van der Waals surface area contributed by atoms with Crippen molar-refractivity contribution >= 4 is 5.91 Å². The highest BCUT2D eigenvalue weighted by molar-refractivity contribution is 5.99. The summed E-state index contributed by atoms with van der Waals surface area (Å²) in [4.78, 5) is 14.2. The molecule has 4 heteroatoms. The topological polar surface area (TPSA) is 38.8 Å². The van der Waals surface area contributed by atoms with Gasteiger partial charge in [0.15, 0.2) is 0 Å². The zero-order valence-corrected chi connectivity index (χ0v) is 10.3. The molecular formula is C14H15NO3. The van der Waals surface area contributed by atoms with Crippen molar-refractivity contribution in [3.8, 4) is 0 Å². The Morgan fingerprint density at radius 3 is 2.72 bits per heavy atom. The predicted octanol–water partition coefficient (Wildman–Crippen LogP) is 1.71. The largest absolute Gasteiger partial charge is 0.328 e. The fraction of sp³-hybridized carbons (Fsp3) is 0.500. The van der Waals surface area contributed by atoms with E-state index in [0.717, 1.165) is 18.5 Å². The van der Waals surface area contributed by atoms with Crippen LogP contribution >= 0.6 is 0 Å². The van der Waals surface area contributed by atoms with Crippen LogP contribution in [0.4, 0.5) is 0 Å². The van der Waals surface area contributed by atoms with Crippen LogP contribution in [-0.2, 0) is 15.4 Å². The maximum atomic E-state index is 12.4. The van der Waals surface area contributed by atoms with E-state index in [2.05, 4.69) is 6.92 Å². The summed E-state index contributed by atoms with van der Waals surface area (Å²) in [7, 11) is 0. The fourth-order valence-corrected chi connectivity index (χ4v) is 3.18. The van der Waals surface area contributed by atoms with Gasteiger partial charge in [0, 0.05) is 17.5 Å². The van der Waals surface area contributed by atoms with Gasteiger partial charge in [0.1, 0.15) is 0 Å². The van der Waals surface area contributed by atoms with Crippen LogP contribution in [-0.4, -0.2) is 30.6 Å². The summed E-state index contributed by atoms with van der Waals surface area (Å²) in [6.07, 6.45) is 0.962. The molecule has 1 aromatic carbocycles. The van der Waals surface area contributed by atoms with Gasteiger partial charge in [-0.15, -0.1) is 0 Å². The van der Waals surface area contributed by atoms with Crippen LogP contribution in [0.15, 0.2) is 24.3 Å². The predicted molar refractivity (Wildman–Crippen MR) is 63.8 cm³/mol. The highest BCUT2D eigenvalue weighted by atomic mass is 16.7.